The second kappa shape index (κ2) is 4.04. The summed E-state index contributed by atoms with van der Waals surface area (Å²) < 4.78 is 1.77. The van der Waals surface area contributed by atoms with E-state index in [2.05, 4.69) is 15.2 Å². The monoisotopic (exact) mass is 206 g/mol. The summed E-state index contributed by atoms with van der Waals surface area (Å²) in [6.07, 6.45) is 4.58. The number of carboxylic acid groups (broad SMARTS) is 1. The third-order valence-electron chi connectivity index (χ3n) is 2.08. The van der Waals surface area contributed by atoms with Gasteiger partial charge in [-0.15, -0.1) is 10.2 Å². The molecule has 0 amide bonds. The molecule has 0 atom stereocenters. The van der Waals surface area contributed by atoms with Crippen LogP contribution < -0.4 is 0 Å². The molecule has 0 aliphatic carbocycles. The molecule has 0 unspecified atom stereocenters. The molecule has 6 nitrogen and oxygen atoms in total. The third kappa shape index (κ3) is 2.09. The van der Waals surface area contributed by atoms with E-state index in [1.54, 1.807) is 23.0 Å². The SMILES string of the molecule is O=C(O)CCCc1nnc2ccncn12. The molecule has 0 aromatic carbocycles. The van der Waals surface area contributed by atoms with Gasteiger partial charge in [-0.25, -0.2) is 4.98 Å². The second-order valence-corrected chi connectivity index (χ2v) is 3.17. The van der Waals surface area contributed by atoms with E-state index in [4.69, 9.17) is 5.11 Å². The van der Waals surface area contributed by atoms with Crippen molar-refractivity contribution in [3.8, 4) is 0 Å². The molecule has 2 aromatic rings. The van der Waals surface area contributed by atoms with E-state index in [-0.39, 0.29) is 6.42 Å². The van der Waals surface area contributed by atoms with Crippen molar-refractivity contribution >= 4 is 11.6 Å². The molecule has 0 radical (unpaired) electrons. The van der Waals surface area contributed by atoms with Gasteiger partial charge in [-0.05, 0) is 6.42 Å². The van der Waals surface area contributed by atoms with E-state index in [1.165, 1.54) is 0 Å². The first-order valence-corrected chi connectivity index (χ1v) is 4.63. The van der Waals surface area contributed by atoms with Gasteiger partial charge >= 0.3 is 5.97 Å². The zero-order valence-corrected chi connectivity index (χ0v) is 8.00. The number of carboxylic acids is 1. The van der Waals surface area contributed by atoms with Gasteiger partial charge in [0.25, 0.3) is 0 Å². The van der Waals surface area contributed by atoms with E-state index < -0.39 is 5.97 Å². The molecular formula is C9H10N4O2. The molecule has 0 saturated heterocycles. The van der Waals surface area contributed by atoms with Crippen LogP contribution in [0.2, 0.25) is 0 Å². The third-order valence-corrected chi connectivity index (χ3v) is 2.08. The Morgan fingerprint density at radius 1 is 1.47 bits per heavy atom. The number of carbonyl (C=O) groups is 1. The molecule has 1 N–H and O–H groups in total. The Hall–Kier alpha value is -1.98. The number of nitrogens with zero attached hydrogens (tertiary/aromatic N) is 4. The second-order valence-electron chi connectivity index (χ2n) is 3.17. The normalized spacial score (nSPS) is 10.7. The Bertz CT molecular complexity index is 480. The Morgan fingerprint density at radius 2 is 2.33 bits per heavy atom. The molecule has 6 heteroatoms. The van der Waals surface area contributed by atoms with Gasteiger partial charge in [-0.2, -0.15) is 0 Å². The van der Waals surface area contributed by atoms with Gasteiger partial charge in [0, 0.05) is 25.1 Å². The number of aliphatic carboxylic acids is 1. The van der Waals surface area contributed by atoms with Gasteiger partial charge in [0.1, 0.15) is 12.2 Å². The van der Waals surface area contributed by atoms with Gasteiger partial charge in [0.15, 0.2) is 5.65 Å². The minimum absolute atomic E-state index is 0.148. The minimum Gasteiger partial charge on any atom is -0.481 e. The topological polar surface area (TPSA) is 80.4 Å². The van der Waals surface area contributed by atoms with E-state index in [1.807, 2.05) is 0 Å². The van der Waals surface area contributed by atoms with E-state index >= 15 is 0 Å². The molecule has 78 valence electrons. The average molecular weight is 206 g/mol. The number of aromatic nitrogens is 4. The van der Waals surface area contributed by atoms with Crippen molar-refractivity contribution in [3.05, 3.63) is 24.4 Å². The smallest absolute Gasteiger partial charge is 0.303 e. The lowest BCUT2D eigenvalue weighted by Gasteiger charge is -1.96. The van der Waals surface area contributed by atoms with Crippen LogP contribution in [0.1, 0.15) is 18.7 Å². The molecule has 0 bridgehead atoms. The molecule has 2 rings (SSSR count). The maximum Gasteiger partial charge on any atom is 0.303 e. The first-order chi connectivity index (χ1) is 7.27. The highest BCUT2D eigenvalue weighted by molar-refractivity contribution is 5.66. The Balaban J connectivity index is 2.11. The highest BCUT2D eigenvalue weighted by atomic mass is 16.4. The predicted molar refractivity (Wildman–Crippen MR) is 51.4 cm³/mol. The van der Waals surface area contributed by atoms with Crippen LogP contribution in [0.5, 0.6) is 0 Å². The fraction of sp³-hybridized carbons (Fsp3) is 0.333. The Labute approximate surface area is 85.6 Å². The summed E-state index contributed by atoms with van der Waals surface area (Å²) in [6, 6.07) is 1.76. The fourth-order valence-electron chi connectivity index (χ4n) is 1.36. The van der Waals surface area contributed by atoms with Crippen molar-refractivity contribution in [1.82, 2.24) is 19.6 Å². The summed E-state index contributed by atoms with van der Waals surface area (Å²) in [7, 11) is 0. The molecule has 2 aromatic heterocycles. The largest absolute Gasteiger partial charge is 0.481 e. The van der Waals surface area contributed by atoms with Crippen LogP contribution in [-0.4, -0.2) is 30.7 Å². The van der Waals surface area contributed by atoms with Crippen LogP contribution in [0, 0.1) is 0 Å². The number of rotatable bonds is 4. The molecule has 0 aliphatic rings. The minimum atomic E-state index is -0.790. The zero-order valence-electron chi connectivity index (χ0n) is 8.00. The van der Waals surface area contributed by atoms with Crippen molar-refractivity contribution in [2.24, 2.45) is 0 Å². The lowest BCUT2D eigenvalue weighted by atomic mass is 10.2. The van der Waals surface area contributed by atoms with E-state index in [0.717, 1.165) is 11.5 Å². The molecule has 0 saturated carbocycles. The summed E-state index contributed by atoms with van der Waals surface area (Å²) in [5, 5.41) is 16.4. The molecule has 2 heterocycles. The summed E-state index contributed by atoms with van der Waals surface area (Å²) in [4.78, 5) is 14.3. The highest BCUT2D eigenvalue weighted by Crippen LogP contribution is 2.05. The van der Waals surface area contributed by atoms with Crippen molar-refractivity contribution in [1.29, 1.82) is 0 Å². The Morgan fingerprint density at radius 3 is 3.13 bits per heavy atom. The van der Waals surface area contributed by atoms with Crippen molar-refractivity contribution in [2.75, 3.05) is 0 Å². The molecular weight excluding hydrogens is 196 g/mol. The summed E-state index contributed by atoms with van der Waals surface area (Å²) >= 11 is 0. The van der Waals surface area contributed by atoms with Crippen LogP contribution >= 0.6 is 0 Å². The lowest BCUT2D eigenvalue weighted by Crippen LogP contribution is -1.99. The van der Waals surface area contributed by atoms with E-state index in [9.17, 15) is 4.79 Å². The lowest BCUT2D eigenvalue weighted by molar-refractivity contribution is -0.137. The standard InChI is InChI=1S/C9H10N4O2/c14-9(15)3-1-2-7-11-12-8-4-5-10-6-13(7)8/h4-6H,1-3H2,(H,14,15). The van der Waals surface area contributed by atoms with Crippen molar-refractivity contribution in [3.63, 3.8) is 0 Å². The number of fused-ring (bicyclic) bond motifs is 1. The Kier molecular flexibility index (Phi) is 2.57. The summed E-state index contributed by atoms with van der Waals surface area (Å²) in [6.45, 7) is 0. The number of aryl methyl sites for hydroxylation is 1. The maximum atomic E-state index is 10.3. The average Bonchev–Trinajstić information content (AvgIpc) is 2.62. The number of hydrogen-bond donors (Lipinski definition) is 1. The number of hydrogen-bond acceptors (Lipinski definition) is 4. The van der Waals surface area contributed by atoms with E-state index in [0.29, 0.717) is 12.8 Å². The van der Waals surface area contributed by atoms with Crippen molar-refractivity contribution in [2.45, 2.75) is 19.3 Å². The van der Waals surface area contributed by atoms with Crippen LogP contribution in [0.4, 0.5) is 0 Å². The van der Waals surface area contributed by atoms with Crippen molar-refractivity contribution < 1.29 is 9.90 Å². The first kappa shape index (κ1) is 9.57. The van der Waals surface area contributed by atoms with Gasteiger partial charge in [0.05, 0.1) is 0 Å². The molecule has 0 aliphatic heterocycles. The summed E-state index contributed by atoms with van der Waals surface area (Å²) in [5.41, 5.74) is 0.732. The molecule has 0 fully saturated rings. The zero-order chi connectivity index (χ0) is 10.7. The maximum absolute atomic E-state index is 10.3. The van der Waals surface area contributed by atoms with Gasteiger partial charge < -0.3 is 5.11 Å². The summed E-state index contributed by atoms with van der Waals surface area (Å²) in [5.74, 6) is -0.0405. The van der Waals surface area contributed by atoms with Crippen LogP contribution in [-0.2, 0) is 11.2 Å². The highest BCUT2D eigenvalue weighted by Gasteiger charge is 2.05. The molecule has 0 spiro atoms. The van der Waals surface area contributed by atoms with Gasteiger partial charge in [-0.1, -0.05) is 0 Å². The predicted octanol–water partition coefficient (Wildman–Crippen LogP) is 0.532. The quantitative estimate of drug-likeness (QED) is 0.789. The van der Waals surface area contributed by atoms with Gasteiger partial charge in [0.2, 0.25) is 0 Å². The fourth-order valence-corrected chi connectivity index (χ4v) is 1.36. The van der Waals surface area contributed by atoms with Crippen LogP contribution in [0.3, 0.4) is 0 Å². The van der Waals surface area contributed by atoms with Crippen LogP contribution in [0.25, 0.3) is 5.65 Å². The first-order valence-electron chi connectivity index (χ1n) is 4.63. The molecule has 15 heavy (non-hydrogen) atoms. The van der Waals surface area contributed by atoms with Gasteiger partial charge in [-0.3, -0.25) is 9.20 Å². The van der Waals surface area contributed by atoms with Crippen LogP contribution in [0.15, 0.2) is 18.6 Å².